The van der Waals surface area contributed by atoms with Gasteiger partial charge in [0, 0.05) is 24.3 Å². The van der Waals surface area contributed by atoms with Gasteiger partial charge in [-0.25, -0.2) is 14.4 Å². The third kappa shape index (κ3) is 3.15. The van der Waals surface area contributed by atoms with Crippen LogP contribution in [0, 0.1) is 12.7 Å². The van der Waals surface area contributed by atoms with Crippen molar-refractivity contribution in [3.05, 3.63) is 47.5 Å². The Morgan fingerprint density at radius 2 is 2.16 bits per heavy atom. The van der Waals surface area contributed by atoms with E-state index in [1.807, 2.05) is 19.1 Å². The molecule has 3 rings (SSSR count). The summed E-state index contributed by atoms with van der Waals surface area (Å²) in [5.41, 5.74) is 2.55. The summed E-state index contributed by atoms with van der Waals surface area (Å²) in [6.07, 6.45) is 4.23. The number of nitrogens with one attached hydrogen (secondary N) is 1. The first-order valence-electron chi connectivity index (χ1n) is 6.53. The number of hydrogen-bond donors (Lipinski definition) is 1. The van der Waals surface area contributed by atoms with E-state index in [2.05, 4.69) is 15.3 Å². The number of benzene rings is 1. The molecule has 0 radical (unpaired) electrons. The van der Waals surface area contributed by atoms with E-state index in [4.69, 9.17) is 0 Å². The summed E-state index contributed by atoms with van der Waals surface area (Å²) in [4.78, 5) is 8.71. The number of halogens is 1. The van der Waals surface area contributed by atoms with E-state index < -0.39 is 0 Å². The molecule has 0 atom stereocenters. The second-order valence-electron chi connectivity index (χ2n) is 5.04. The summed E-state index contributed by atoms with van der Waals surface area (Å²) in [7, 11) is 0. The van der Waals surface area contributed by atoms with Gasteiger partial charge in [-0.05, 0) is 49.6 Å². The molecule has 0 bridgehead atoms. The van der Waals surface area contributed by atoms with Crippen LogP contribution in [0.1, 0.15) is 24.1 Å². The Hall–Kier alpha value is -1.81. The molecule has 1 fully saturated rings. The van der Waals surface area contributed by atoms with Crippen LogP contribution in [0.4, 0.5) is 4.39 Å². The van der Waals surface area contributed by atoms with E-state index in [0.29, 0.717) is 11.9 Å². The highest BCUT2D eigenvalue weighted by atomic mass is 19.1. The number of aromatic nitrogens is 2. The summed E-state index contributed by atoms with van der Waals surface area (Å²) in [6.45, 7) is 2.61. The average Bonchev–Trinajstić information content (AvgIpc) is 3.20. The summed E-state index contributed by atoms with van der Waals surface area (Å²) in [5.74, 6) is 0.331. The number of rotatable bonds is 4. The van der Waals surface area contributed by atoms with Crippen LogP contribution in [0.15, 0.2) is 30.5 Å². The minimum Gasteiger partial charge on any atom is -0.308 e. The second kappa shape index (κ2) is 5.05. The average molecular weight is 257 g/mol. The third-order valence-corrected chi connectivity index (χ3v) is 3.16. The lowest BCUT2D eigenvalue weighted by atomic mass is 10.1. The molecule has 0 saturated heterocycles. The van der Waals surface area contributed by atoms with Crippen LogP contribution in [0.2, 0.25) is 0 Å². The van der Waals surface area contributed by atoms with Gasteiger partial charge in [0.05, 0.1) is 5.69 Å². The summed E-state index contributed by atoms with van der Waals surface area (Å²) in [6, 6.07) is 7.42. The van der Waals surface area contributed by atoms with Crippen molar-refractivity contribution < 1.29 is 4.39 Å². The van der Waals surface area contributed by atoms with Gasteiger partial charge in [-0.2, -0.15) is 0 Å². The van der Waals surface area contributed by atoms with E-state index in [1.54, 1.807) is 6.20 Å². The molecule has 0 aliphatic heterocycles. The van der Waals surface area contributed by atoms with Gasteiger partial charge in [0.1, 0.15) is 5.82 Å². The van der Waals surface area contributed by atoms with E-state index in [1.165, 1.54) is 25.0 Å². The number of nitrogens with zero attached hydrogens (tertiary/aromatic N) is 2. The molecule has 1 aliphatic carbocycles. The van der Waals surface area contributed by atoms with Crippen LogP contribution >= 0.6 is 0 Å². The molecule has 19 heavy (non-hydrogen) atoms. The highest BCUT2D eigenvalue weighted by molar-refractivity contribution is 5.56. The molecule has 1 aromatic carbocycles. The monoisotopic (exact) mass is 257 g/mol. The van der Waals surface area contributed by atoms with Crippen molar-refractivity contribution in [1.29, 1.82) is 0 Å². The highest BCUT2D eigenvalue weighted by Gasteiger charge is 2.20. The van der Waals surface area contributed by atoms with Gasteiger partial charge in [-0.3, -0.25) is 0 Å². The van der Waals surface area contributed by atoms with Crippen LogP contribution < -0.4 is 5.32 Å². The SMILES string of the molecule is Cc1cc(F)cc(-c2nccc(CNC3CC3)n2)c1. The Morgan fingerprint density at radius 3 is 2.89 bits per heavy atom. The molecule has 1 N–H and O–H groups in total. The van der Waals surface area contributed by atoms with Gasteiger partial charge in [0.2, 0.25) is 0 Å². The Bertz CT molecular complexity index is 573. The molecule has 98 valence electrons. The van der Waals surface area contributed by atoms with Crippen LogP contribution in [0.3, 0.4) is 0 Å². The first kappa shape index (κ1) is 12.2. The minimum absolute atomic E-state index is 0.250. The first-order valence-corrected chi connectivity index (χ1v) is 6.53. The van der Waals surface area contributed by atoms with E-state index >= 15 is 0 Å². The lowest BCUT2D eigenvalue weighted by Gasteiger charge is -2.06. The maximum atomic E-state index is 13.4. The predicted octanol–water partition coefficient (Wildman–Crippen LogP) is 2.84. The van der Waals surface area contributed by atoms with Crippen LogP contribution in [0.25, 0.3) is 11.4 Å². The molecule has 4 heteroatoms. The summed E-state index contributed by atoms with van der Waals surface area (Å²) < 4.78 is 13.4. The quantitative estimate of drug-likeness (QED) is 0.915. The minimum atomic E-state index is -0.250. The van der Waals surface area contributed by atoms with Crippen LogP contribution in [0.5, 0.6) is 0 Å². The molecule has 2 aromatic rings. The van der Waals surface area contributed by atoms with E-state index in [0.717, 1.165) is 23.4 Å². The largest absolute Gasteiger partial charge is 0.308 e. The van der Waals surface area contributed by atoms with Gasteiger partial charge in [0.25, 0.3) is 0 Å². The van der Waals surface area contributed by atoms with Gasteiger partial charge >= 0.3 is 0 Å². The van der Waals surface area contributed by atoms with Crippen molar-refractivity contribution in [2.75, 3.05) is 0 Å². The number of aryl methyl sites for hydroxylation is 1. The molecule has 0 unspecified atom stereocenters. The Kier molecular flexibility index (Phi) is 3.25. The fourth-order valence-corrected chi connectivity index (χ4v) is 2.04. The zero-order chi connectivity index (χ0) is 13.2. The molecule has 1 aliphatic rings. The maximum Gasteiger partial charge on any atom is 0.159 e. The molecule has 1 heterocycles. The van der Waals surface area contributed by atoms with Crippen molar-refractivity contribution in [1.82, 2.24) is 15.3 Å². The van der Waals surface area contributed by atoms with Gasteiger partial charge in [-0.1, -0.05) is 0 Å². The molecule has 0 spiro atoms. The molecule has 0 amide bonds. The second-order valence-corrected chi connectivity index (χ2v) is 5.04. The van der Waals surface area contributed by atoms with Crippen molar-refractivity contribution in [2.45, 2.75) is 32.4 Å². The van der Waals surface area contributed by atoms with Crippen molar-refractivity contribution >= 4 is 0 Å². The van der Waals surface area contributed by atoms with E-state index in [9.17, 15) is 4.39 Å². The van der Waals surface area contributed by atoms with Crippen molar-refractivity contribution in [3.8, 4) is 11.4 Å². The summed E-state index contributed by atoms with van der Waals surface area (Å²) in [5, 5.41) is 3.41. The fourth-order valence-electron chi connectivity index (χ4n) is 2.04. The van der Waals surface area contributed by atoms with Crippen LogP contribution in [-0.2, 0) is 6.54 Å². The van der Waals surface area contributed by atoms with Crippen LogP contribution in [-0.4, -0.2) is 16.0 Å². The highest BCUT2D eigenvalue weighted by Crippen LogP contribution is 2.20. The van der Waals surface area contributed by atoms with Gasteiger partial charge in [-0.15, -0.1) is 0 Å². The molecular formula is C15H16FN3. The van der Waals surface area contributed by atoms with Gasteiger partial charge in [0.15, 0.2) is 5.82 Å². The zero-order valence-electron chi connectivity index (χ0n) is 10.9. The van der Waals surface area contributed by atoms with Gasteiger partial charge < -0.3 is 5.32 Å². The topological polar surface area (TPSA) is 37.8 Å². The number of hydrogen-bond acceptors (Lipinski definition) is 3. The third-order valence-electron chi connectivity index (χ3n) is 3.16. The van der Waals surface area contributed by atoms with Crippen molar-refractivity contribution in [2.24, 2.45) is 0 Å². The lowest BCUT2D eigenvalue weighted by molar-refractivity contribution is 0.627. The summed E-state index contributed by atoms with van der Waals surface area (Å²) >= 11 is 0. The molecule has 1 aromatic heterocycles. The molecular weight excluding hydrogens is 241 g/mol. The Morgan fingerprint density at radius 1 is 1.32 bits per heavy atom. The van der Waals surface area contributed by atoms with Crippen molar-refractivity contribution in [3.63, 3.8) is 0 Å². The smallest absolute Gasteiger partial charge is 0.159 e. The molecule has 1 saturated carbocycles. The zero-order valence-corrected chi connectivity index (χ0v) is 10.9. The standard InChI is InChI=1S/C15H16FN3/c1-10-6-11(8-12(16)7-10)15-17-5-4-14(19-15)9-18-13-2-3-13/h4-8,13,18H,2-3,9H2,1H3. The normalized spacial score (nSPS) is 14.6. The Labute approximate surface area is 111 Å². The lowest BCUT2D eigenvalue weighted by Crippen LogP contribution is -2.16. The molecule has 3 nitrogen and oxygen atoms in total. The Balaban J connectivity index is 1.84. The predicted molar refractivity (Wildman–Crippen MR) is 72.0 cm³/mol. The fraction of sp³-hybridized carbons (Fsp3) is 0.333. The maximum absolute atomic E-state index is 13.4. The van der Waals surface area contributed by atoms with E-state index in [-0.39, 0.29) is 5.82 Å². The first-order chi connectivity index (χ1) is 9.20.